The van der Waals surface area contributed by atoms with Gasteiger partial charge >= 0.3 is 7.82 Å². The number of phosphoric ester groups is 1. The quantitative estimate of drug-likeness (QED) is 0.415. The van der Waals surface area contributed by atoms with Gasteiger partial charge in [0.2, 0.25) is 5.91 Å². The molecule has 0 aromatic heterocycles. The molecule has 110 valence electrons. The summed E-state index contributed by atoms with van der Waals surface area (Å²) in [6, 6.07) is 0. The monoisotopic (exact) mass is 293 g/mol. The average Bonchev–Trinajstić information content (AvgIpc) is 2.33. The Hall–Kier alpha value is -0.395. The second-order valence-corrected chi connectivity index (χ2v) is 6.08. The highest BCUT2D eigenvalue weighted by molar-refractivity contribution is 7.47. The lowest BCUT2D eigenvalue weighted by Gasteiger charge is -2.29. The van der Waals surface area contributed by atoms with Crippen molar-refractivity contribution >= 4 is 21.6 Å². The van der Waals surface area contributed by atoms with Gasteiger partial charge in [-0.05, 0) is 6.92 Å². The summed E-state index contributed by atoms with van der Waals surface area (Å²) in [6.45, 7) is 4.57. The number of aliphatic hydroxyl groups excluding tert-OH is 1. The summed E-state index contributed by atoms with van der Waals surface area (Å²) in [7, 11) is 1.08. The molecule has 7 nitrogen and oxygen atoms in total. The third-order valence-electron chi connectivity index (χ3n) is 2.32. The Bertz CT molecular complexity index is 338. The second kappa shape index (κ2) is 8.02. The molecule has 3 N–H and O–H groups in total. The summed E-state index contributed by atoms with van der Waals surface area (Å²) in [4.78, 5) is 20.8. The molecule has 0 heterocycles. The largest absolute Gasteiger partial charge is 0.472 e. The van der Waals surface area contributed by atoms with Crippen molar-refractivity contribution in [1.82, 2.24) is 5.32 Å². The Balaban J connectivity index is 4.44. The number of rotatable bonds is 9. The summed E-state index contributed by atoms with van der Waals surface area (Å²) in [5.74, 6) is -0.608. The predicted octanol–water partition coefficient (Wildman–Crippen LogP) is 0.230. The lowest BCUT2D eigenvalue weighted by molar-refractivity contribution is -0.136. The van der Waals surface area contributed by atoms with Crippen LogP contribution in [-0.2, 0) is 18.4 Å². The SMILES string of the molecule is [B]CCNC(=O)C(O)C(C)(C)COP(=O)(O)OCC. The molecule has 2 unspecified atom stereocenters. The molecule has 0 aliphatic heterocycles. The number of carbonyl (C=O) groups excluding carboxylic acids is 1. The van der Waals surface area contributed by atoms with Gasteiger partial charge in [-0.25, -0.2) is 4.57 Å². The molecule has 0 bridgehead atoms. The zero-order chi connectivity index (χ0) is 15.1. The summed E-state index contributed by atoms with van der Waals surface area (Å²) in [5.41, 5.74) is -1.05. The lowest BCUT2D eigenvalue weighted by Crippen LogP contribution is -2.46. The summed E-state index contributed by atoms with van der Waals surface area (Å²) in [6.07, 6.45) is -1.13. The third kappa shape index (κ3) is 7.08. The van der Waals surface area contributed by atoms with Crippen LogP contribution in [0.3, 0.4) is 0 Å². The fraction of sp³-hybridized carbons (Fsp3) is 0.900. The molecule has 0 spiro atoms. The molecule has 0 aromatic rings. The van der Waals surface area contributed by atoms with Gasteiger partial charge in [0.15, 0.2) is 0 Å². The molecule has 0 aliphatic carbocycles. The summed E-state index contributed by atoms with van der Waals surface area (Å²) < 4.78 is 20.6. The first-order chi connectivity index (χ1) is 8.66. The first-order valence-corrected chi connectivity index (χ1v) is 7.43. The van der Waals surface area contributed by atoms with E-state index in [0.29, 0.717) is 0 Å². The molecule has 2 radical (unpaired) electrons. The van der Waals surface area contributed by atoms with Gasteiger partial charge in [-0.3, -0.25) is 13.8 Å². The molecule has 0 fully saturated rings. The molecule has 0 aliphatic rings. The van der Waals surface area contributed by atoms with E-state index in [2.05, 4.69) is 9.84 Å². The molecule has 0 rings (SSSR count). The van der Waals surface area contributed by atoms with Crippen molar-refractivity contribution < 1.29 is 28.4 Å². The van der Waals surface area contributed by atoms with E-state index < -0.39 is 25.2 Å². The Morgan fingerprint density at radius 3 is 2.53 bits per heavy atom. The third-order valence-corrected chi connectivity index (χ3v) is 3.36. The maximum absolute atomic E-state index is 11.6. The lowest BCUT2D eigenvalue weighted by atomic mass is 9.87. The van der Waals surface area contributed by atoms with Gasteiger partial charge in [0.25, 0.3) is 0 Å². The minimum Gasteiger partial charge on any atom is -0.383 e. The Morgan fingerprint density at radius 2 is 2.05 bits per heavy atom. The van der Waals surface area contributed by atoms with Crippen LogP contribution in [0.4, 0.5) is 0 Å². The molecule has 1 amide bonds. The van der Waals surface area contributed by atoms with Gasteiger partial charge < -0.3 is 15.3 Å². The second-order valence-electron chi connectivity index (χ2n) is 4.63. The molecule has 2 atom stereocenters. The van der Waals surface area contributed by atoms with Crippen molar-refractivity contribution in [3.8, 4) is 0 Å². The van der Waals surface area contributed by atoms with Gasteiger partial charge in [0, 0.05) is 12.0 Å². The molecule has 19 heavy (non-hydrogen) atoms. The highest BCUT2D eigenvalue weighted by atomic mass is 31.2. The van der Waals surface area contributed by atoms with Crippen LogP contribution in [0.15, 0.2) is 0 Å². The van der Waals surface area contributed by atoms with Crippen molar-refractivity contribution in [2.45, 2.75) is 33.2 Å². The van der Waals surface area contributed by atoms with E-state index >= 15 is 0 Å². The number of aliphatic hydroxyl groups is 1. The first kappa shape index (κ1) is 18.6. The van der Waals surface area contributed by atoms with Crippen LogP contribution in [0.1, 0.15) is 20.8 Å². The van der Waals surface area contributed by atoms with Gasteiger partial charge in [-0.15, -0.1) is 0 Å². The molecule has 0 saturated heterocycles. The topological polar surface area (TPSA) is 105 Å². The summed E-state index contributed by atoms with van der Waals surface area (Å²) in [5, 5.41) is 12.3. The maximum atomic E-state index is 11.6. The normalized spacial score (nSPS) is 16.7. The van der Waals surface area contributed by atoms with Gasteiger partial charge in [-0.2, -0.15) is 0 Å². The first-order valence-electron chi connectivity index (χ1n) is 5.94. The van der Waals surface area contributed by atoms with Crippen molar-refractivity contribution in [3.63, 3.8) is 0 Å². The molecular weight excluding hydrogens is 272 g/mol. The fourth-order valence-electron chi connectivity index (χ4n) is 1.17. The van der Waals surface area contributed by atoms with Crippen molar-refractivity contribution in [1.29, 1.82) is 0 Å². The average molecular weight is 293 g/mol. The Kier molecular flexibility index (Phi) is 7.85. The van der Waals surface area contributed by atoms with Gasteiger partial charge in [0.05, 0.1) is 21.1 Å². The molecule has 9 heteroatoms. The number of nitrogens with one attached hydrogen (secondary N) is 1. The van der Waals surface area contributed by atoms with E-state index in [9.17, 15) is 19.4 Å². The van der Waals surface area contributed by atoms with Gasteiger partial charge in [-0.1, -0.05) is 20.2 Å². The molecule has 0 aromatic carbocycles. The highest BCUT2D eigenvalue weighted by Crippen LogP contribution is 2.44. The Labute approximate surface area is 114 Å². The van der Waals surface area contributed by atoms with Crippen LogP contribution in [0.5, 0.6) is 0 Å². The highest BCUT2D eigenvalue weighted by Gasteiger charge is 2.36. The minimum absolute atomic E-state index is 0.0216. The van der Waals surface area contributed by atoms with Crippen molar-refractivity contribution in [2.24, 2.45) is 5.41 Å². The van der Waals surface area contributed by atoms with E-state index in [1.807, 2.05) is 0 Å². The predicted molar refractivity (Wildman–Crippen MR) is 70.8 cm³/mol. The van der Waals surface area contributed by atoms with Crippen LogP contribution in [-0.4, -0.2) is 49.6 Å². The molecular formula is C10H21BNO6P. The van der Waals surface area contributed by atoms with E-state index in [1.54, 1.807) is 6.92 Å². The molecule has 0 saturated carbocycles. The van der Waals surface area contributed by atoms with E-state index in [-0.39, 0.29) is 26.1 Å². The van der Waals surface area contributed by atoms with E-state index in [0.717, 1.165) is 0 Å². The number of hydrogen-bond acceptors (Lipinski definition) is 5. The smallest absolute Gasteiger partial charge is 0.383 e. The van der Waals surface area contributed by atoms with Gasteiger partial charge in [0.1, 0.15) is 6.10 Å². The number of amides is 1. The number of hydrogen-bond donors (Lipinski definition) is 3. The van der Waals surface area contributed by atoms with Crippen LogP contribution in [0.2, 0.25) is 6.32 Å². The standard InChI is InChI=1S/C10H21BNO6P/c1-4-17-19(15,16)18-7-10(2,3)8(13)9(14)12-6-5-11/h8,13H,4-7H2,1-3H3,(H,12,14)(H,15,16). The maximum Gasteiger partial charge on any atom is 0.472 e. The fourth-order valence-corrected chi connectivity index (χ4v) is 2.07. The zero-order valence-electron chi connectivity index (χ0n) is 11.5. The minimum atomic E-state index is -4.14. The van der Waals surface area contributed by atoms with Crippen LogP contribution >= 0.6 is 7.82 Å². The zero-order valence-corrected chi connectivity index (χ0v) is 12.4. The van der Waals surface area contributed by atoms with Crippen molar-refractivity contribution in [3.05, 3.63) is 0 Å². The van der Waals surface area contributed by atoms with Crippen LogP contribution < -0.4 is 5.32 Å². The van der Waals surface area contributed by atoms with Crippen LogP contribution in [0, 0.1) is 5.41 Å². The van der Waals surface area contributed by atoms with Crippen molar-refractivity contribution in [2.75, 3.05) is 19.8 Å². The summed E-state index contributed by atoms with van der Waals surface area (Å²) >= 11 is 0. The van der Waals surface area contributed by atoms with Crippen LogP contribution in [0.25, 0.3) is 0 Å². The van der Waals surface area contributed by atoms with E-state index in [4.69, 9.17) is 12.4 Å². The van der Waals surface area contributed by atoms with E-state index in [1.165, 1.54) is 13.8 Å². The number of carbonyl (C=O) groups is 1. The number of phosphoric acid groups is 1. The Morgan fingerprint density at radius 1 is 1.47 bits per heavy atom.